The predicted molar refractivity (Wildman–Crippen MR) is 75.3 cm³/mol. The van der Waals surface area contributed by atoms with Gasteiger partial charge in [0.2, 0.25) is 0 Å². The molecule has 2 N–H and O–H groups in total. The molecule has 0 aliphatic carbocycles. The summed E-state index contributed by atoms with van der Waals surface area (Å²) in [6.07, 6.45) is 1.27. The summed E-state index contributed by atoms with van der Waals surface area (Å²) in [7, 11) is 0. The van der Waals surface area contributed by atoms with E-state index in [0.29, 0.717) is 0 Å². The van der Waals surface area contributed by atoms with E-state index in [4.69, 9.17) is 4.74 Å². The normalized spacial score (nSPS) is 27.1. The van der Waals surface area contributed by atoms with Crippen molar-refractivity contribution in [2.75, 3.05) is 31.6 Å². The highest BCUT2D eigenvalue weighted by Crippen LogP contribution is 2.28. The first-order chi connectivity index (χ1) is 9.26. The third-order valence-corrected chi connectivity index (χ3v) is 3.93. The van der Waals surface area contributed by atoms with Crippen LogP contribution in [0.3, 0.4) is 0 Å². The molecular formula is C15H22N2O2. The molecule has 0 aromatic heterocycles. The van der Waals surface area contributed by atoms with Crippen molar-refractivity contribution >= 4 is 5.69 Å². The van der Waals surface area contributed by atoms with E-state index in [1.165, 1.54) is 16.8 Å². The zero-order valence-corrected chi connectivity index (χ0v) is 11.4. The molecule has 4 nitrogen and oxygen atoms in total. The van der Waals surface area contributed by atoms with Crippen LogP contribution in [0.4, 0.5) is 5.69 Å². The second-order valence-electron chi connectivity index (χ2n) is 5.57. The largest absolute Gasteiger partial charge is 0.394 e. The summed E-state index contributed by atoms with van der Waals surface area (Å²) in [6.45, 7) is 5.89. The van der Waals surface area contributed by atoms with Crippen molar-refractivity contribution in [2.24, 2.45) is 0 Å². The number of nitrogens with zero attached hydrogens (tertiary/aromatic N) is 1. The van der Waals surface area contributed by atoms with Crippen LogP contribution in [-0.2, 0) is 17.7 Å². The molecule has 0 amide bonds. The van der Waals surface area contributed by atoms with Crippen molar-refractivity contribution in [3.05, 3.63) is 29.3 Å². The van der Waals surface area contributed by atoms with Crippen LogP contribution in [0.25, 0.3) is 0 Å². The van der Waals surface area contributed by atoms with E-state index < -0.39 is 0 Å². The third-order valence-electron chi connectivity index (χ3n) is 3.93. The first kappa shape index (κ1) is 12.9. The molecule has 0 saturated carbocycles. The minimum absolute atomic E-state index is 0.0477. The molecule has 0 radical (unpaired) electrons. The van der Waals surface area contributed by atoms with Gasteiger partial charge in [-0.25, -0.2) is 0 Å². The Morgan fingerprint density at radius 3 is 3.16 bits per heavy atom. The second-order valence-corrected chi connectivity index (χ2v) is 5.57. The quantitative estimate of drug-likeness (QED) is 0.860. The molecule has 19 heavy (non-hydrogen) atoms. The molecule has 0 spiro atoms. The summed E-state index contributed by atoms with van der Waals surface area (Å²) in [5.41, 5.74) is 4.11. The fourth-order valence-electron chi connectivity index (χ4n) is 3.15. The predicted octanol–water partition coefficient (Wildman–Crippen LogP) is 1.24. The van der Waals surface area contributed by atoms with E-state index >= 15 is 0 Å². The standard InChI is InChI=1S/C15H22N2O2/c1-11-7-17(9-14(10-18)19-11)8-13-4-2-3-12-5-6-16-15(12)13/h2-4,11,14,16,18H,5-10H2,1H3. The zero-order chi connectivity index (χ0) is 13.2. The van der Waals surface area contributed by atoms with Gasteiger partial charge in [-0.3, -0.25) is 4.90 Å². The van der Waals surface area contributed by atoms with E-state index in [1.54, 1.807) is 0 Å². The average Bonchev–Trinajstić information content (AvgIpc) is 2.87. The molecule has 2 atom stereocenters. The summed E-state index contributed by atoms with van der Waals surface area (Å²) in [5.74, 6) is 0. The van der Waals surface area contributed by atoms with Crippen molar-refractivity contribution in [3.63, 3.8) is 0 Å². The summed E-state index contributed by atoms with van der Waals surface area (Å²) in [6, 6.07) is 6.55. The topological polar surface area (TPSA) is 44.7 Å². The summed E-state index contributed by atoms with van der Waals surface area (Å²) in [5, 5.41) is 12.8. The number of ether oxygens (including phenoxy) is 1. The minimum atomic E-state index is -0.0477. The number of anilines is 1. The number of nitrogens with one attached hydrogen (secondary N) is 1. The van der Waals surface area contributed by atoms with E-state index in [2.05, 4.69) is 35.3 Å². The number of morpholine rings is 1. The highest BCUT2D eigenvalue weighted by atomic mass is 16.5. The van der Waals surface area contributed by atoms with E-state index in [1.807, 2.05) is 0 Å². The minimum Gasteiger partial charge on any atom is -0.394 e. The van der Waals surface area contributed by atoms with Gasteiger partial charge in [0.15, 0.2) is 0 Å². The van der Waals surface area contributed by atoms with Gasteiger partial charge in [0.1, 0.15) is 0 Å². The lowest BCUT2D eigenvalue weighted by Crippen LogP contribution is -2.47. The van der Waals surface area contributed by atoms with Crippen LogP contribution < -0.4 is 5.32 Å². The van der Waals surface area contributed by atoms with Crippen LogP contribution in [0.1, 0.15) is 18.1 Å². The Hall–Kier alpha value is -1.10. The van der Waals surface area contributed by atoms with Gasteiger partial charge in [0.25, 0.3) is 0 Å². The zero-order valence-electron chi connectivity index (χ0n) is 11.4. The van der Waals surface area contributed by atoms with Crippen molar-refractivity contribution < 1.29 is 9.84 Å². The Balaban J connectivity index is 1.73. The van der Waals surface area contributed by atoms with Crippen molar-refractivity contribution in [1.29, 1.82) is 0 Å². The molecule has 2 unspecified atom stereocenters. The van der Waals surface area contributed by atoms with Crippen LogP contribution in [-0.4, -0.2) is 48.5 Å². The lowest BCUT2D eigenvalue weighted by Gasteiger charge is -2.36. The number of benzene rings is 1. The second kappa shape index (κ2) is 5.49. The van der Waals surface area contributed by atoms with Gasteiger partial charge >= 0.3 is 0 Å². The summed E-state index contributed by atoms with van der Waals surface area (Å²) in [4.78, 5) is 2.38. The molecule has 104 valence electrons. The van der Waals surface area contributed by atoms with Crippen molar-refractivity contribution in [1.82, 2.24) is 4.90 Å². The first-order valence-electron chi connectivity index (χ1n) is 7.09. The number of aliphatic hydroxyl groups is 1. The molecular weight excluding hydrogens is 240 g/mol. The molecule has 2 aliphatic heterocycles. The number of hydrogen-bond donors (Lipinski definition) is 2. The van der Waals surface area contributed by atoms with Gasteiger partial charge in [-0.05, 0) is 24.5 Å². The Labute approximate surface area is 114 Å². The lowest BCUT2D eigenvalue weighted by atomic mass is 10.1. The van der Waals surface area contributed by atoms with Gasteiger partial charge < -0.3 is 15.2 Å². The van der Waals surface area contributed by atoms with Crippen LogP contribution in [0, 0.1) is 0 Å². The SMILES string of the molecule is CC1CN(Cc2cccc3c2NCC3)CC(CO)O1. The van der Waals surface area contributed by atoms with Crippen molar-refractivity contribution in [2.45, 2.75) is 32.1 Å². The fourth-order valence-corrected chi connectivity index (χ4v) is 3.15. The lowest BCUT2D eigenvalue weighted by molar-refractivity contribution is -0.0972. The molecule has 3 rings (SSSR count). The molecule has 2 aliphatic rings. The fraction of sp³-hybridized carbons (Fsp3) is 0.600. The number of fused-ring (bicyclic) bond motifs is 1. The maximum absolute atomic E-state index is 9.28. The van der Waals surface area contributed by atoms with Gasteiger partial charge in [-0.2, -0.15) is 0 Å². The number of aliphatic hydroxyl groups excluding tert-OH is 1. The Kier molecular flexibility index (Phi) is 3.73. The highest BCUT2D eigenvalue weighted by molar-refractivity contribution is 5.61. The first-order valence-corrected chi connectivity index (χ1v) is 7.09. The van der Waals surface area contributed by atoms with Gasteiger partial charge in [-0.15, -0.1) is 0 Å². The number of rotatable bonds is 3. The smallest absolute Gasteiger partial charge is 0.0936 e. The van der Waals surface area contributed by atoms with Crippen LogP contribution in [0.15, 0.2) is 18.2 Å². The van der Waals surface area contributed by atoms with E-state index in [9.17, 15) is 5.11 Å². The number of para-hydroxylation sites is 1. The van der Waals surface area contributed by atoms with E-state index in [-0.39, 0.29) is 18.8 Å². The highest BCUT2D eigenvalue weighted by Gasteiger charge is 2.25. The summed E-state index contributed by atoms with van der Waals surface area (Å²) < 4.78 is 5.69. The van der Waals surface area contributed by atoms with Gasteiger partial charge in [0.05, 0.1) is 18.8 Å². The molecule has 1 aromatic rings. The third kappa shape index (κ3) is 2.76. The van der Waals surface area contributed by atoms with Crippen LogP contribution >= 0.6 is 0 Å². The molecule has 4 heteroatoms. The molecule has 1 fully saturated rings. The molecule has 0 bridgehead atoms. The monoisotopic (exact) mass is 262 g/mol. The van der Waals surface area contributed by atoms with Crippen LogP contribution in [0.5, 0.6) is 0 Å². The van der Waals surface area contributed by atoms with E-state index in [0.717, 1.165) is 32.6 Å². The van der Waals surface area contributed by atoms with Gasteiger partial charge in [-0.1, -0.05) is 18.2 Å². The van der Waals surface area contributed by atoms with Gasteiger partial charge in [0, 0.05) is 31.9 Å². The van der Waals surface area contributed by atoms with Crippen molar-refractivity contribution in [3.8, 4) is 0 Å². The Morgan fingerprint density at radius 1 is 1.42 bits per heavy atom. The maximum Gasteiger partial charge on any atom is 0.0936 e. The summed E-state index contributed by atoms with van der Waals surface area (Å²) >= 11 is 0. The number of hydrogen-bond acceptors (Lipinski definition) is 4. The Bertz CT molecular complexity index is 450. The average molecular weight is 262 g/mol. The molecule has 1 aromatic carbocycles. The Morgan fingerprint density at radius 2 is 2.32 bits per heavy atom. The van der Waals surface area contributed by atoms with Crippen LogP contribution in [0.2, 0.25) is 0 Å². The molecule has 2 heterocycles. The maximum atomic E-state index is 9.28. The molecule has 1 saturated heterocycles.